The Labute approximate surface area is 180 Å². The van der Waals surface area contributed by atoms with Crippen LogP contribution in [0.25, 0.3) is 6.08 Å². The maximum atomic E-state index is 12.5. The zero-order valence-corrected chi connectivity index (χ0v) is 17.9. The van der Waals surface area contributed by atoms with E-state index in [9.17, 15) is 4.79 Å². The number of aliphatic imine (C=N–C) groups is 1. The van der Waals surface area contributed by atoms with Crippen molar-refractivity contribution in [2.24, 2.45) is 10.1 Å². The molecule has 1 N–H and O–H groups in total. The highest BCUT2D eigenvalue weighted by Crippen LogP contribution is 2.36. The lowest BCUT2D eigenvalue weighted by Gasteiger charge is -2.20. The van der Waals surface area contributed by atoms with Crippen molar-refractivity contribution in [2.45, 2.75) is 42.4 Å². The number of carbonyl (C=O) groups is 1. The number of hydrogen-bond acceptors (Lipinski definition) is 7. The molecule has 0 saturated heterocycles. The molecule has 0 spiro atoms. The zero-order valence-electron chi connectivity index (χ0n) is 15.5. The van der Waals surface area contributed by atoms with Crippen LogP contribution in [0.3, 0.4) is 0 Å². The van der Waals surface area contributed by atoms with Crippen LogP contribution in [0.2, 0.25) is 0 Å². The summed E-state index contributed by atoms with van der Waals surface area (Å²) in [4.78, 5) is 17.7. The monoisotopic (exact) mass is 442 g/mol. The van der Waals surface area contributed by atoms with E-state index in [1.54, 1.807) is 29.2 Å². The Morgan fingerprint density at radius 1 is 1.24 bits per heavy atom. The minimum atomic E-state index is -0.436. The van der Waals surface area contributed by atoms with Crippen LogP contribution in [-0.2, 0) is 4.79 Å². The highest BCUT2D eigenvalue weighted by molar-refractivity contribution is 8.27. The molecule has 148 valence electrons. The maximum Gasteiger partial charge on any atom is 0.283 e. The average Bonchev–Trinajstić information content (AvgIpc) is 3.47. The van der Waals surface area contributed by atoms with Crippen molar-refractivity contribution >= 4 is 62.9 Å². The summed E-state index contributed by atoms with van der Waals surface area (Å²) in [6, 6.07) is 7.70. The predicted molar refractivity (Wildman–Crippen MR) is 120 cm³/mol. The summed E-state index contributed by atoms with van der Waals surface area (Å²) in [6.45, 7) is 0. The molecular formula is C20H18N4O2S3. The fourth-order valence-corrected chi connectivity index (χ4v) is 6.33. The molecule has 9 heteroatoms. The molecule has 0 atom stereocenters. The van der Waals surface area contributed by atoms with Gasteiger partial charge in [0.1, 0.15) is 10.8 Å². The van der Waals surface area contributed by atoms with Crippen LogP contribution in [-0.4, -0.2) is 32.2 Å². The van der Waals surface area contributed by atoms with Crippen molar-refractivity contribution in [2.75, 3.05) is 0 Å². The molecule has 1 saturated carbocycles. The van der Waals surface area contributed by atoms with Crippen molar-refractivity contribution < 1.29 is 9.21 Å². The van der Waals surface area contributed by atoms with Crippen LogP contribution in [0.4, 0.5) is 0 Å². The number of thioether (sulfide) groups is 2. The average molecular weight is 443 g/mol. The summed E-state index contributed by atoms with van der Waals surface area (Å²) in [5.74, 6) is 0.149. The maximum absolute atomic E-state index is 12.5. The van der Waals surface area contributed by atoms with Gasteiger partial charge in [0, 0.05) is 5.25 Å². The first-order chi connectivity index (χ1) is 14.2. The Morgan fingerprint density at radius 3 is 2.90 bits per heavy atom. The van der Waals surface area contributed by atoms with E-state index in [4.69, 9.17) is 9.83 Å². The molecule has 1 amide bonds. The molecule has 1 fully saturated rings. The zero-order chi connectivity index (χ0) is 19.8. The quantitative estimate of drug-likeness (QED) is 0.638. The van der Waals surface area contributed by atoms with Gasteiger partial charge in [0.15, 0.2) is 10.9 Å². The number of hydrogen-bond donors (Lipinski definition) is 1. The van der Waals surface area contributed by atoms with Gasteiger partial charge in [0.2, 0.25) is 5.17 Å². The fourth-order valence-electron chi connectivity index (χ4n) is 3.46. The van der Waals surface area contributed by atoms with E-state index in [1.807, 2.05) is 29.6 Å². The number of rotatable bonds is 4. The summed E-state index contributed by atoms with van der Waals surface area (Å²) in [7, 11) is 0. The Hall–Kier alpha value is -2.10. The summed E-state index contributed by atoms with van der Waals surface area (Å²) in [5, 5.41) is 19.0. The predicted octanol–water partition coefficient (Wildman–Crippen LogP) is 5.43. The molecule has 2 aliphatic heterocycles. The van der Waals surface area contributed by atoms with Gasteiger partial charge in [-0.3, -0.25) is 10.2 Å². The molecule has 2 aromatic rings. The molecule has 0 radical (unpaired) electrons. The van der Waals surface area contributed by atoms with E-state index < -0.39 is 5.91 Å². The minimum Gasteiger partial charge on any atom is -0.450 e. The van der Waals surface area contributed by atoms with Gasteiger partial charge in [-0.05, 0) is 54.3 Å². The number of furan rings is 1. The third-order valence-corrected chi connectivity index (χ3v) is 8.11. The van der Waals surface area contributed by atoms with E-state index in [0.717, 1.165) is 15.0 Å². The number of amidine groups is 2. The van der Waals surface area contributed by atoms with Crippen LogP contribution in [0, 0.1) is 5.41 Å². The minimum absolute atomic E-state index is 0.0249. The highest BCUT2D eigenvalue weighted by atomic mass is 32.2. The van der Waals surface area contributed by atoms with Gasteiger partial charge in [-0.25, -0.2) is 0 Å². The van der Waals surface area contributed by atoms with Gasteiger partial charge in [-0.1, -0.05) is 37.1 Å². The molecular weight excluding hydrogens is 424 g/mol. The third kappa shape index (κ3) is 3.86. The van der Waals surface area contributed by atoms with E-state index in [2.05, 4.69) is 10.1 Å². The topological polar surface area (TPSA) is 82.0 Å². The van der Waals surface area contributed by atoms with E-state index in [0.29, 0.717) is 16.2 Å². The van der Waals surface area contributed by atoms with Gasteiger partial charge < -0.3 is 4.42 Å². The first-order valence-corrected chi connectivity index (χ1v) is 12.1. The summed E-state index contributed by atoms with van der Waals surface area (Å²) in [6.07, 6.45) is 7.93. The number of amides is 1. The molecule has 0 bridgehead atoms. The first kappa shape index (κ1) is 18.9. The van der Waals surface area contributed by atoms with Crippen molar-refractivity contribution in [3.8, 4) is 0 Å². The molecule has 3 aliphatic rings. The van der Waals surface area contributed by atoms with Crippen LogP contribution in [0.5, 0.6) is 0 Å². The molecule has 0 unspecified atom stereocenters. The Bertz CT molecular complexity index is 1050. The Kier molecular flexibility index (Phi) is 5.19. The summed E-state index contributed by atoms with van der Waals surface area (Å²) in [5.41, 5.74) is 0.189. The highest BCUT2D eigenvalue weighted by Gasteiger charge is 2.36. The Morgan fingerprint density at radius 2 is 2.10 bits per heavy atom. The standard InChI is InChI=1S/C20H18N4O2S3/c21-17-14(11-12-8-9-16(26-12)28-13-5-2-1-3-6-13)18(25)22-20-24(17)23-19(29-20)15-7-4-10-27-15/h4,7-11,13,21H,1-3,5-6H2/b14-11+,21-17?. The van der Waals surface area contributed by atoms with Gasteiger partial charge in [0.05, 0.1) is 10.5 Å². The van der Waals surface area contributed by atoms with Gasteiger partial charge in [0.25, 0.3) is 5.91 Å². The molecule has 29 heavy (non-hydrogen) atoms. The lowest BCUT2D eigenvalue weighted by atomic mass is 10.0. The van der Waals surface area contributed by atoms with Crippen molar-refractivity contribution in [3.05, 3.63) is 45.9 Å². The lowest BCUT2D eigenvalue weighted by molar-refractivity contribution is -0.114. The van der Waals surface area contributed by atoms with E-state index >= 15 is 0 Å². The van der Waals surface area contributed by atoms with Gasteiger partial charge >= 0.3 is 0 Å². The first-order valence-electron chi connectivity index (χ1n) is 9.48. The second-order valence-electron chi connectivity index (χ2n) is 6.94. The number of fused-ring (bicyclic) bond motifs is 1. The van der Waals surface area contributed by atoms with Gasteiger partial charge in [-0.15, -0.1) is 11.3 Å². The summed E-state index contributed by atoms with van der Waals surface area (Å²) >= 11 is 4.65. The number of hydrazone groups is 1. The normalized spacial score (nSPS) is 21.5. The molecule has 4 heterocycles. The second-order valence-corrected chi connectivity index (χ2v) is 10.1. The molecule has 0 aromatic carbocycles. The van der Waals surface area contributed by atoms with Crippen LogP contribution in [0.1, 0.15) is 42.7 Å². The van der Waals surface area contributed by atoms with Crippen molar-refractivity contribution in [1.82, 2.24) is 5.01 Å². The number of carbonyl (C=O) groups excluding carboxylic acids is 1. The smallest absolute Gasteiger partial charge is 0.283 e. The SMILES string of the molecule is N=C1/C(=C\c2ccc(SC3CCCCC3)o2)C(=O)N=C2SC(c3cccs3)=NN12. The fraction of sp³-hybridized carbons (Fsp3) is 0.300. The second kappa shape index (κ2) is 7.97. The van der Waals surface area contributed by atoms with Crippen LogP contribution < -0.4 is 0 Å². The number of nitrogens with zero attached hydrogens (tertiary/aromatic N) is 3. The van der Waals surface area contributed by atoms with E-state index in [1.165, 1.54) is 48.9 Å². The van der Waals surface area contributed by atoms with E-state index in [-0.39, 0.29) is 11.4 Å². The number of nitrogens with one attached hydrogen (secondary N) is 1. The van der Waals surface area contributed by atoms with Crippen LogP contribution in [0.15, 0.2) is 54.8 Å². The molecule has 2 aromatic heterocycles. The van der Waals surface area contributed by atoms with Crippen molar-refractivity contribution in [1.29, 1.82) is 5.41 Å². The summed E-state index contributed by atoms with van der Waals surface area (Å²) < 4.78 is 5.91. The Balaban J connectivity index is 1.36. The molecule has 6 nitrogen and oxygen atoms in total. The van der Waals surface area contributed by atoms with Crippen molar-refractivity contribution in [3.63, 3.8) is 0 Å². The molecule has 1 aliphatic carbocycles. The molecule has 5 rings (SSSR count). The third-order valence-electron chi connectivity index (χ3n) is 4.91. The lowest BCUT2D eigenvalue weighted by Crippen LogP contribution is -2.35. The largest absolute Gasteiger partial charge is 0.450 e. The number of thiophene rings is 1. The van der Waals surface area contributed by atoms with Crippen LogP contribution >= 0.6 is 34.9 Å². The van der Waals surface area contributed by atoms with Gasteiger partial charge in [-0.2, -0.15) is 15.1 Å².